The predicted molar refractivity (Wildman–Crippen MR) is 76.6 cm³/mol. The summed E-state index contributed by atoms with van der Waals surface area (Å²) in [7, 11) is 0. The van der Waals surface area contributed by atoms with Gasteiger partial charge in [-0.25, -0.2) is 0 Å². The molecule has 0 radical (unpaired) electrons. The summed E-state index contributed by atoms with van der Waals surface area (Å²) in [6.07, 6.45) is 0. The van der Waals surface area contributed by atoms with Gasteiger partial charge in [-0.2, -0.15) is 0 Å². The monoisotopic (exact) mass is 275 g/mol. The molecule has 0 saturated carbocycles. The Bertz CT molecular complexity index is 558. The molecule has 0 atom stereocenters. The Morgan fingerprint density at radius 3 is 2.53 bits per heavy atom. The van der Waals surface area contributed by atoms with Gasteiger partial charge < -0.3 is 5.32 Å². The summed E-state index contributed by atoms with van der Waals surface area (Å²) in [6.45, 7) is 6.09. The van der Waals surface area contributed by atoms with E-state index in [-0.39, 0.29) is 11.3 Å². The van der Waals surface area contributed by atoms with Gasteiger partial charge in [0.1, 0.15) is 10.0 Å². The van der Waals surface area contributed by atoms with Crippen LogP contribution >= 0.6 is 11.3 Å². The van der Waals surface area contributed by atoms with E-state index in [0.717, 1.165) is 15.6 Å². The summed E-state index contributed by atoms with van der Waals surface area (Å²) < 4.78 is 0. The second-order valence-electron chi connectivity index (χ2n) is 5.30. The van der Waals surface area contributed by atoms with Crippen LogP contribution in [0.1, 0.15) is 25.8 Å². The van der Waals surface area contributed by atoms with Crippen LogP contribution in [-0.4, -0.2) is 16.1 Å². The van der Waals surface area contributed by atoms with E-state index in [1.807, 2.05) is 51.1 Å². The van der Waals surface area contributed by atoms with Crippen LogP contribution in [0.5, 0.6) is 0 Å². The topological polar surface area (TPSA) is 54.9 Å². The van der Waals surface area contributed by atoms with E-state index in [9.17, 15) is 4.79 Å². The van der Waals surface area contributed by atoms with Gasteiger partial charge in [0.2, 0.25) is 5.91 Å². The first-order valence-electron chi connectivity index (χ1n) is 6.13. The minimum absolute atomic E-state index is 0.0176. The van der Waals surface area contributed by atoms with Gasteiger partial charge in [-0.15, -0.1) is 10.2 Å². The molecule has 5 heteroatoms. The lowest BCUT2D eigenvalue weighted by molar-refractivity contribution is -0.128. The first-order valence-corrected chi connectivity index (χ1v) is 6.94. The molecule has 4 nitrogen and oxygen atoms in total. The zero-order valence-electron chi connectivity index (χ0n) is 11.3. The summed E-state index contributed by atoms with van der Waals surface area (Å²) in [5.41, 5.74) is 0.667. The second kappa shape index (κ2) is 5.48. The maximum atomic E-state index is 11.8. The predicted octanol–water partition coefficient (Wildman–Crippen LogP) is 2.87. The lowest BCUT2D eigenvalue weighted by Gasteiger charge is -2.16. The van der Waals surface area contributed by atoms with Crippen LogP contribution in [-0.2, 0) is 11.3 Å². The molecule has 19 heavy (non-hydrogen) atoms. The van der Waals surface area contributed by atoms with E-state index in [1.165, 1.54) is 11.3 Å². The van der Waals surface area contributed by atoms with Gasteiger partial charge in [0.05, 0.1) is 6.54 Å². The summed E-state index contributed by atoms with van der Waals surface area (Å²) >= 11 is 1.50. The van der Waals surface area contributed by atoms with Gasteiger partial charge in [0, 0.05) is 11.0 Å². The molecule has 0 fully saturated rings. The van der Waals surface area contributed by atoms with E-state index in [4.69, 9.17) is 0 Å². The van der Waals surface area contributed by atoms with Crippen molar-refractivity contribution >= 4 is 17.2 Å². The van der Waals surface area contributed by atoms with Crippen molar-refractivity contribution in [3.63, 3.8) is 0 Å². The molecule has 0 aliphatic heterocycles. The van der Waals surface area contributed by atoms with Crippen LogP contribution in [0.3, 0.4) is 0 Å². The number of aromatic nitrogens is 2. The largest absolute Gasteiger partial charge is 0.349 e. The summed E-state index contributed by atoms with van der Waals surface area (Å²) in [5, 5.41) is 12.8. The van der Waals surface area contributed by atoms with Crippen LogP contribution < -0.4 is 5.32 Å². The molecule has 1 N–H and O–H groups in total. The zero-order valence-corrected chi connectivity index (χ0v) is 12.1. The Morgan fingerprint density at radius 2 is 1.89 bits per heavy atom. The highest BCUT2D eigenvalue weighted by Gasteiger charge is 2.21. The van der Waals surface area contributed by atoms with E-state index >= 15 is 0 Å². The van der Waals surface area contributed by atoms with E-state index in [2.05, 4.69) is 15.5 Å². The third-order valence-electron chi connectivity index (χ3n) is 2.57. The van der Waals surface area contributed by atoms with Crippen molar-refractivity contribution in [3.8, 4) is 10.6 Å². The fourth-order valence-electron chi connectivity index (χ4n) is 1.44. The molecule has 1 amide bonds. The van der Waals surface area contributed by atoms with E-state index in [0.29, 0.717) is 6.54 Å². The van der Waals surface area contributed by atoms with Gasteiger partial charge in [-0.05, 0) is 0 Å². The van der Waals surface area contributed by atoms with Gasteiger partial charge in [0.15, 0.2) is 0 Å². The maximum absolute atomic E-state index is 11.8. The standard InChI is InChI=1S/C14H17N3OS/c1-14(2,3)13(18)15-9-11-16-17-12(19-11)10-7-5-4-6-8-10/h4-8H,9H2,1-3H3,(H,15,18). The molecule has 2 aromatic rings. The third kappa shape index (κ3) is 3.61. The van der Waals surface area contributed by atoms with E-state index < -0.39 is 0 Å². The molecule has 0 saturated heterocycles. The Kier molecular flexibility index (Phi) is 3.95. The zero-order chi connectivity index (χ0) is 13.9. The lowest BCUT2D eigenvalue weighted by Crippen LogP contribution is -2.34. The molecule has 0 unspecified atom stereocenters. The third-order valence-corrected chi connectivity index (χ3v) is 3.54. The summed E-state index contributed by atoms with van der Waals surface area (Å²) in [6, 6.07) is 9.90. The van der Waals surface area contributed by atoms with Gasteiger partial charge in [-0.1, -0.05) is 62.4 Å². The molecular formula is C14H17N3OS. The number of hydrogen-bond donors (Lipinski definition) is 1. The fourth-order valence-corrected chi connectivity index (χ4v) is 2.23. The Balaban J connectivity index is 2.01. The number of carbonyl (C=O) groups is 1. The second-order valence-corrected chi connectivity index (χ2v) is 6.36. The summed E-state index contributed by atoms with van der Waals surface area (Å²) in [5.74, 6) is 0.0176. The van der Waals surface area contributed by atoms with Crippen molar-refractivity contribution in [1.29, 1.82) is 0 Å². The number of benzene rings is 1. The van der Waals surface area contributed by atoms with E-state index in [1.54, 1.807) is 0 Å². The van der Waals surface area contributed by atoms with Crippen molar-refractivity contribution in [2.24, 2.45) is 5.41 Å². The Labute approximate surface area is 116 Å². The smallest absolute Gasteiger partial charge is 0.225 e. The molecule has 2 rings (SSSR count). The quantitative estimate of drug-likeness (QED) is 0.937. The van der Waals surface area contributed by atoms with Gasteiger partial charge in [-0.3, -0.25) is 4.79 Å². The van der Waals surface area contributed by atoms with Crippen LogP contribution in [0.25, 0.3) is 10.6 Å². The van der Waals surface area contributed by atoms with Gasteiger partial charge in [0.25, 0.3) is 0 Å². The number of carbonyl (C=O) groups excluding carboxylic acids is 1. The van der Waals surface area contributed by atoms with Crippen molar-refractivity contribution in [2.45, 2.75) is 27.3 Å². The molecule has 0 aliphatic rings. The normalized spacial score (nSPS) is 11.3. The summed E-state index contributed by atoms with van der Waals surface area (Å²) in [4.78, 5) is 11.8. The van der Waals surface area contributed by atoms with Crippen LogP contribution in [0.4, 0.5) is 0 Å². The Hall–Kier alpha value is -1.75. The van der Waals surface area contributed by atoms with Crippen LogP contribution in [0.2, 0.25) is 0 Å². The Morgan fingerprint density at radius 1 is 1.21 bits per heavy atom. The minimum Gasteiger partial charge on any atom is -0.349 e. The average molecular weight is 275 g/mol. The highest BCUT2D eigenvalue weighted by atomic mass is 32.1. The number of nitrogens with one attached hydrogen (secondary N) is 1. The number of nitrogens with zero attached hydrogens (tertiary/aromatic N) is 2. The molecule has 0 aliphatic carbocycles. The van der Waals surface area contributed by atoms with Crippen molar-refractivity contribution in [2.75, 3.05) is 0 Å². The van der Waals surface area contributed by atoms with Crippen molar-refractivity contribution in [3.05, 3.63) is 35.3 Å². The van der Waals surface area contributed by atoms with Crippen molar-refractivity contribution in [1.82, 2.24) is 15.5 Å². The number of rotatable bonds is 3. The molecular weight excluding hydrogens is 258 g/mol. The molecule has 1 aromatic carbocycles. The molecule has 100 valence electrons. The number of amides is 1. The fraction of sp³-hybridized carbons (Fsp3) is 0.357. The van der Waals surface area contributed by atoms with Crippen molar-refractivity contribution < 1.29 is 4.79 Å². The first-order chi connectivity index (χ1) is 8.97. The minimum atomic E-state index is -0.382. The first kappa shape index (κ1) is 13.7. The maximum Gasteiger partial charge on any atom is 0.225 e. The molecule has 0 spiro atoms. The lowest BCUT2D eigenvalue weighted by atomic mass is 9.96. The molecule has 0 bridgehead atoms. The highest BCUT2D eigenvalue weighted by Crippen LogP contribution is 2.23. The van der Waals surface area contributed by atoms with Crippen LogP contribution in [0.15, 0.2) is 30.3 Å². The average Bonchev–Trinajstić information content (AvgIpc) is 2.84. The molecule has 1 aromatic heterocycles. The van der Waals surface area contributed by atoms with Gasteiger partial charge >= 0.3 is 0 Å². The number of hydrogen-bond acceptors (Lipinski definition) is 4. The SMILES string of the molecule is CC(C)(C)C(=O)NCc1nnc(-c2ccccc2)s1. The highest BCUT2D eigenvalue weighted by molar-refractivity contribution is 7.14. The van der Waals surface area contributed by atoms with Crippen LogP contribution in [0, 0.1) is 5.41 Å². The molecule has 1 heterocycles.